The number of aromatic amines is 1. The van der Waals surface area contributed by atoms with E-state index >= 15 is 0 Å². The molecule has 1 atom stereocenters. The van der Waals surface area contributed by atoms with Crippen LogP contribution in [0.25, 0.3) is 0 Å². The fourth-order valence-corrected chi connectivity index (χ4v) is 2.73. The fourth-order valence-electron chi connectivity index (χ4n) is 2.73. The lowest BCUT2D eigenvalue weighted by Crippen LogP contribution is -2.31. The van der Waals surface area contributed by atoms with Crippen LogP contribution in [0.2, 0.25) is 0 Å². The molecule has 2 rings (SSSR count). The summed E-state index contributed by atoms with van der Waals surface area (Å²) in [5.41, 5.74) is 0.267. The first-order chi connectivity index (χ1) is 9.60. The number of likely N-dealkylation sites (tertiary alicyclic amines) is 1. The van der Waals surface area contributed by atoms with Crippen molar-refractivity contribution in [3.05, 3.63) is 28.1 Å². The summed E-state index contributed by atoms with van der Waals surface area (Å²) in [6.07, 6.45) is 5.95. The third-order valence-electron chi connectivity index (χ3n) is 4.06. The number of nitrogens with zero attached hydrogens (tertiary/aromatic N) is 2. The van der Waals surface area contributed by atoms with Crippen LogP contribution in [0.3, 0.4) is 0 Å². The number of H-pyrrole nitrogens is 1. The molecule has 6 heteroatoms. The Morgan fingerprint density at radius 1 is 1.50 bits per heavy atom. The number of hydrogen-bond donors (Lipinski definition) is 1. The van der Waals surface area contributed by atoms with E-state index < -0.39 is 4.92 Å². The van der Waals surface area contributed by atoms with Gasteiger partial charge >= 0.3 is 0 Å². The van der Waals surface area contributed by atoms with Crippen molar-refractivity contribution in [2.24, 2.45) is 5.92 Å². The van der Waals surface area contributed by atoms with E-state index in [9.17, 15) is 14.9 Å². The summed E-state index contributed by atoms with van der Waals surface area (Å²) < 4.78 is 0. The van der Waals surface area contributed by atoms with E-state index in [0.29, 0.717) is 12.2 Å². The minimum atomic E-state index is -0.495. The van der Waals surface area contributed by atoms with Gasteiger partial charge in [-0.15, -0.1) is 0 Å². The first kappa shape index (κ1) is 14.7. The topological polar surface area (TPSA) is 79.2 Å². The summed E-state index contributed by atoms with van der Waals surface area (Å²) in [5, 5.41) is 10.6. The number of Topliss-reactive ketones (excluding diaryl/α,β-unsaturated/α-hetero) is 1. The van der Waals surface area contributed by atoms with Crippen LogP contribution in [0.15, 0.2) is 12.3 Å². The Morgan fingerprint density at radius 2 is 2.30 bits per heavy atom. The summed E-state index contributed by atoms with van der Waals surface area (Å²) in [5.74, 6) is 0.690. The van der Waals surface area contributed by atoms with Gasteiger partial charge in [-0.3, -0.25) is 19.8 Å². The van der Waals surface area contributed by atoms with E-state index in [1.54, 1.807) is 0 Å². The summed E-state index contributed by atoms with van der Waals surface area (Å²) in [6.45, 7) is 4.43. The van der Waals surface area contributed by atoms with Gasteiger partial charge in [0.05, 0.1) is 23.4 Å². The van der Waals surface area contributed by atoms with Crippen LogP contribution in [0, 0.1) is 16.0 Å². The highest BCUT2D eigenvalue weighted by atomic mass is 16.6. The molecular formula is C14H21N3O3. The van der Waals surface area contributed by atoms with E-state index in [1.165, 1.54) is 25.1 Å². The zero-order valence-corrected chi connectivity index (χ0v) is 11.8. The third kappa shape index (κ3) is 3.66. The number of rotatable bonds is 5. The molecule has 0 amide bonds. The van der Waals surface area contributed by atoms with E-state index in [4.69, 9.17) is 0 Å². The standard InChI is InChI=1S/C14H21N3O3/c1-2-11-4-3-6-16(7-5-11)10-14(18)13-8-12(9-15-13)17(19)20/h8-9,11,15H,2-7,10H2,1H3. The van der Waals surface area contributed by atoms with Crippen molar-refractivity contribution in [3.8, 4) is 0 Å². The molecule has 6 nitrogen and oxygen atoms in total. The molecule has 0 radical (unpaired) electrons. The predicted molar refractivity (Wildman–Crippen MR) is 75.8 cm³/mol. The summed E-state index contributed by atoms with van der Waals surface area (Å²) in [6, 6.07) is 1.31. The maximum absolute atomic E-state index is 12.1. The van der Waals surface area contributed by atoms with Crippen LogP contribution in [0.5, 0.6) is 0 Å². The quantitative estimate of drug-likeness (QED) is 0.510. The van der Waals surface area contributed by atoms with Crippen molar-refractivity contribution in [1.29, 1.82) is 0 Å². The Labute approximate surface area is 118 Å². The van der Waals surface area contributed by atoms with Crippen LogP contribution < -0.4 is 0 Å². The maximum Gasteiger partial charge on any atom is 0.287 e. The Kier molecular flexibility index (Phi) is 4.89. The molecule has 2 heterocycles. The Hall–Kier alpha value is -1.69. The molecule has 1 aliphatic heterocycles. The maximum atomic E-state index is 12.1. The molecule has 1 aromatic rings. The molecule has 0 saturated carbocycles. The van der Waals surface area contributed by atoms with Gasteiger partial charge in [0.1, 0.15) is 0 Å². The molecule has 0 bridgehead atoms. The Morgan fingerprint density at radius 3 is 2.95 bits per heavy atom. The molecule has 1 fully saturated rings. The Balaban J connectivity index is 1.91. The van der Waals surface area contributed by atoms with E-state index in [1.807, 2.05) is 0 Å². The molecular weight excluding hydrogens is 258 g/mol. The largest absolute Gasteiger partial charge is 0.353 e. The van der Waals surface area contributed by atoms with Crippen LogP contribution in [-0.2, 0) is 0 Å². The average Bonchev–Trinajstić information content (AvgIpc) is 2.82. The lowest BCUT2D eigenvalue weighted by atomic mass is 9.98. The number of aromatic nitrogens is 1. The first-order valence-electron chi connectivity index (χ1n) is 7.18. The second-order valence-corrected chi connectivity index (χ2v) is 5.43. The van der Waals surface area contributed by atoms with Gasteiger partial charge in [-0.05, 0) is 38.3 Å². The van der Waals surface area contributed by atoms with Gasteiger partial charge < -0.3 is 4.98 Å². The molecule has 1 N–H and O–H groups in total. The molecule has 0 aromatic carbocycles. The second-order valence-electron chi connectivity index (χ2n) is 5.43. The Bertz CT molecular complexity index is 484. The molecule has 1 unspecified atom stereocenters. The van der Waals surface area contributed by atoms with Crippen molar-refractivity contribution >= 4 is 11.5 Å². The van der Waals surface area contributed by atoms with Gasteiger partial charge in [0.2, 0.25) is 0 Å². The number of carbonyl (C=O) groups is 1. The molecule has 20 heavy (non-hydrogen) atoms. The van der Waals surface area contributed by atoms with Gasteiger partial charge in [-0.1, -0.05) is 13.3 Å². The zero-order chi connectivity index (χ0) is 14.5. The lowest BCUT2D eigenvalue weighted by molar-refractivity contribution is -0.384. The average molecular weight is 279 g/mol. The predicted octanol–water partition coefficient (Wildman–Crippen LogP) is 2.62. The van der Waals surface area contributed by atoms with E-state index in [-0.39, 0.29) is 11.5 Å². The van der Waals surface area contributed by atoms with E-state index in [0.717, 1.165) is 31.8 Å². The monoisotopic (exact) mass is 279 g/mol. The lowest BCUT2D eigenvalue weighted by Gasteiger charge is -2.18. The number of hydrogen-bond acceptors (Lipinski definition) is 4. The molecule has 1 saturated heterocycles. The van der Waals surface area contributed by atoms with Crippen molar-refractivity contribution in [1.82, 2.24) is 9.88 Å². The highest BCUT2D eigenvalue weighted by molar-refractivity contribution is 5.96. The third-order valence-corrected chi connectivity index (χ3v) is 4.06. The van der Waals surface area contributed by atoms with Gasteiger partial charge in [-0.25, -0.2) is 0 Å². The smallest absolute Gasteiger partial charge is 0.287 e. The van der Waals surface area contributed by atoms with Crippen LogP contribution in [0.1, 0.15) is 43.1 Å². The van der Waals surface area contributed by atoms with Gasteiger partial charge in [0.15, 0.2) is 5.78 Å². The normalized spacial score (nSPS) is 20.6. The van der Waals surface area contributed by atoms with Crippen LogP contribution >= 0.6 is 0 Å². The minimum Gasteiger partial charge on any atom is -0.353 e. The van der Waals surface area contributed by atoms with Crippen LogP contribution in [-0.4, -0.2) is 40.2 Å². The van der Waals surface area contributed by atoms with Crippen LogP contribution in [0.4, 0.5) is 5.69 Å². The molecule has 0 aliphatic carbocycles. The fraction of sp³-hybridized carbons (Fsp3) is 0.643. The number of carbonyl (C=O) groups excluding carboxylic acids is 1. The SMILES string of the molecule is CCC1CCCN(CC(=O)c2cc([N+](=O)[O-])c[nH]2)CC1. The summed E-state index contributed by atoms with van der Waals surface area (Å²) in [7, 11) is 0. The number of nitrogens with one attached hydrogen (secondary N) is 1. The van der Waals surface area contributed by atoms with Crippen molar-refractivity contribution in [2.45, 2.75) is 32.6 Å². The van der Waals surface area contributed by atoms with Crippen molar-refractivity contribution in [2.75, 3.05) is 19.6 Å². The minimum absolute atomic E-state index is 0.0599. The molecule has 1 aromatic heterocycles. The molecule has 1 aliphatic rings. The number of nitro groups is 1. The van der Waals surface area contributed by atoms with E-state index in [2.05, 4.69) is 16.8 Å². The molecule has 0 spiro atoms. The van der Waals surface area contributed by atoms with Crippen molar-refractivity contribution in [3.63, 3.8) is 0 Å². The summed E-state index contributed by atoms with van der Waals surface area (Å²) in [4.78, 5) is 27.1. The first-order valence-corrected chi connectivity index (χ1v) is 7.18. The highest BCUT2D eigenvalue weighted by Crippen LogP contribution is 2.20. The van der Waals surface area contributed by atoms with Gasteiger partial charge in [-0.2, -0.15) is 0 Å². The van der Waals surface area contributed by atoms with Gasteiger partial charge in [0.25, 0.3) is 5.69 Å². The number of ketones is 1. The summed E-state index contributed by atoms with van der Waals surface area (Å²) >= 11 is 0. The van der Waals surface area contributed by atoms with Gasteiger partial charge in [0, 0.05) is 6.07 Å². The molecule has 110 valence electrons. The van der Waals surface area contributed by atoms with Crippen molar-refractivity contribution < 1.29 is 9.72 Å². The highest BCUT2D eigenvalue weighted by Gasteiger charge is 2.20. The zero-order valence-electron chi connectivity index (χ0n) is 11.8. The second kappa shape index (κ2) is 6.65.